The van der Waals surface area contributed by atoms with E-state index in [9.17, 15) is 9.18 Å². The Hall–Kier alpha value is -1.29. The van der Waals surface area contributed by atoms with Crippen LogP contribution in [0.5, 0.6) is 0 Å². The Kier molecular flexibility index (Phi) is 6.09. The summed E-state index contributed by atoms with van der Waals surface area (Å²) in [5, 5.41) is 6.05. The normalized spacial score (nSPS) is 13.7. The van der Waals surface area contributed by atoms with Gasteiger partial charge >= 0.3 is 0 Å². The first-order valence-electron chi connectivity index (χ1n) is 6.46. The van der Waals surface area contributed by atoms with Crippen molar-refractivity contribution in [3.63, 3.8) is 0 Å². The second-order valence-electron chi connectivity index (χ2n) is 4.69. The molecule has 0 saturated heterocycles. The minimum atomic E-state index is -0.505. The average Bonchev–Trinajstić information content (AvgIpc) is 2.32. The van der Waals surface area contributed by atoms with Crippen molar-refractivity contribution < 1.29 is 9.18 Å². The van der Waals surface area contributed by atoms with Crippen LogP contribution < -0.4 is 10.6 Å². The first-order valence-corrected chi connectivity index (χ1v) is 6.83. The lowest BCUT2D eigenvalue weighted by Crippen LogP contribution is -2.42. The first-order chi connectivity index (χ1) is 8.93. The third-order valence-electron chi connectivity index (χ3n) is 2.81. The van der Waals surface area contributed by atoms with Crippen molar-refractivity contribution >= 4 is 23.2 Å². The van der Waals surface area contributed by atoms with Crippen LogP contribution in [0.3, 0.4) is 0 Å². The Labute approximate surface area is 118 Å². The minimum absolute atomic E-state index is 0.122. The van der Waals surface area contributed by atoms with Gasteiger partial charge in [0.15, 0.2) is 0 Å². The van der Waals surface area contributed by atoms with Crippen molar-refractivity contribution in [1.29, 1.82) is 0 Å². The highest BCUT2D eigenvalue weighted by atomic mass is 35.5. The second-order valence-corrected chi connectivity index (χ2v) is 5.12. The standard InChI is InChI=1S/C14H20ClFN2O/c1-4-5-9(2)17-14(19)10(3)18-13-7-6-11(15)8-12(13)16/h6-10,18H,4-5H2,1-3H3,(H,17,19). The number of amides is 1. The van der Waals surface area contributed by atoms with Crippen molar-refractivity contribution in [3.8, 4) is 0 Å². The Morgan fingerprint density at radius 2 is 2.11 bits per heavy atom. The summed E-state index contributed by atoms with van der Waals surface area (Å²) in [6, 6.07) is 3.94. The van der Waals surface area contributed by atoms with E-state index in [1.165, 1.54) is 12.1 Å². The van der Waals surface area contributed by atoms with Crippen LogP contribution in [0, 0.1) is 5.82 Å². The van der Waals surface area contributed by atoms with Crippen molar-refractivity contribution in [2.24, 2.45) is 0 Å². The Morgan fingerprint density at radius 1 is 1.42 bits per heavy atom. The van der Waals surface area contributed by atoms with E-state index >= 15 is 0 Å². The molecule has 0 fully saturated rings. The van der Waals surface area contributed by atoms with Gasteiger partial charge in [0.05, 0.1) is 5.69 Å². The van der Waals surface area contributed by atoms with Gasteiger partial charge in [0.2, 0.25) is 5.91 Å². The number of hydrogen-bond donors (Lipinski definition) is 2. The van der Waals surface area contributed by atoms with Crippen molar-refractivity contribution in [3.05, 3.63) is 29.0 Å². The topological polar surface area (TPSA) is 41.1 Å². The largest absolute Gasteiger partial charge is 0.372 e. The quantitative estimate of drug-likeness (QED) is 0.839. The lowest BCUT2D eigenvalue weighted by molar-refractivity contribution is -0.122. The molecule has 1 rings (SSSR count). The molecule has 0 aliphatic heterocycles. The van der Waals surface area contributed by atoms with Crippen LogP contribution >= 0.6 is 11.6 Å². The lowest BCUT2D eigenvalue weighted by Gasteiger charge is -2.19. The van der Waals surface area contributed by atoms with Gasteiger partial charge in [0, 0.05) is 11.1 Å². The summed E-state index contributed by atoms with van der Waals surface area (Å²) in [5.74, 6) is -0.607. The molecule has 2 N–H and O–H groups in total. The molecule has 2 unspecified atom stereocenters. The number of hydrogen-bond acceptors (Lipinski definition) is 2. The molecular formula is C14H20ClFN2O. The summed E-state index contributed by atoms with van der Waals surface area (Å²) >= 11 is 5.67. The van der Waals surface area contributed by atoms with Crippen LogP contribution in [-0.4, -0.2) is 18.0 Å². The first kappa shape index (κ1) is 15.8. The molecule has 2 atom stereocenters. The van der Waals surface area contributed by atoms with Gasteiger partial charge in [-0.15, -0.1) is 0 Å². The zero-order valence-corrected chi connectivity index (χ0v) is 12.2. The fraction of sp³-hybridized carbons (Fsp3) is 0.500. The summed E-state index contributed by atoms with van der Waals surface area (Å²) in [4.78, 5) is 11.9. The average molecular weight is 287 g/mol. The van der Waals surface area contributed by atoms with Crippen molar-refractivity contribution in [2.45, 2.75) is 45.7 Å². The molecule has 3 nitrogen and oxygen atoms in total. The molecule has 0 aliphatic carbocycles. The number of rotatable bonds is 6. The van der Waals surface area contributed by atoms with Gasteiger partial charge in [0.1, 0.15) is 11.9 Å². The number of halogens is 2. The summed E-state index contributed by atoms with van der Waals surface area (Å²) in [6.07, 6.45) is 1.93. The Bertz CT molecular complexity index is 439. The zero-order valence-electron chi connectivity index (χ0n) is 11.5. The van der Waals surface area contributed by atoms with Gasteiger partial charge in [-0.1, -0.05) is 24.9 Å². The third-order valence-corrected chi connectivity index (χ3v) is 3.04. The van der Waals surface area contributed by atoms with Crippen LogP contribution in [0.2, 0.25) is 5.02 Å². The fourth-order valence-electron chi connectivity index (χ4n) is 1.78. The summed E-state index contributed by atoms with van der Waals surface area (Å²) < 4.78 is 13.6. The molecule has 0 aromatic heterocycles. The summed E-state index contributed by atoms with van der Waals surface area (Å²) in [7, 11) is 0. The molecule has 1 aromatic rings. The van der Waals surface area contributed by atoms with E-state index in [1.54, 1.807) is 13.0 Å². The highest BCUT2D eigenvalue weighted by molar-refractivity contribution is 6.30. The van der Waals surface area contributed by atoms with E-state index in [0.717, 1.165) is 12.8 Å². The van der Waals surface area contributed by atoms with Crippen LogP contribution in [0.25, 0.3) is 0 Å². The summed E-state index contributed by atoms with van der Waals surface area (Å²) in [6.45, 7) is 5.71. The van der Waals surface area contributed by atoms with Crippen molar-refractivity contribution in [1.82, 2.24) is 5.32 Å². The van der Waals surface area contributed by atoms with Crippen LogP contribution in [-0.2, 0) is 4.79 Å². The smallest absolute Gasteiger partial charge is 0.242 e. The number of benzene rings is 1. The van der Waals surface area contributed by atoms with E-state index < -0.39 is 11.9 Å². The van der Waals surface area contributed by atoms with Crippen molar-refractivity contribution in [2.75, 3.05) is 5.32 Å². The molecule has 106 valence electrons. The van der Waals surface area contributed by atoms with Gasteiger partial charge in [0.25, 0.3) is 0 Å². The predicted molar refractivity (Wildman–Crippen MR) is 77.0 cm³/mol. The number of carbonyl (C=O) groups is 1. The van der Waals surface area contributed by atoms with E-state index in [2.05, 4.69) is 17.6 Å². The molecule has 5 heteroatoms. The Balaban J connectivity index is 2.58. The molecule has 0 spiro atoms. The van der Waals surface area contributed by atoms with E-state index in [4.69, 9.17) is 11.6 Å². The number of nitrogens with one attached hydrogen (secondary N) is 2. The van der Waals surface area contributed by atoms with Gasteiger partial charge in [-0.05, 0) is 38.5 Å². The van der Waals surface area contributed by atoms with Gasteiger partial charge in [-0.25, -0.2) is 4.39 Å². The lowest BCUT2D eigenvalue weighted by atomic mass is 10.2. The highest BCUT2D eigenvalue weighted by Gasteiger charge is 2.16. The van der Waals surface area contributed by atoms with Gasteiger partial charge in [-0.2, -0.15) is 0 Å². The molecule has 0 saturated carbocycles. The fourth-order valence-corrected chi connectivity index (χ4v) is 1.94. The second kappa shape index (κ2) is 7.34. The molecule has 19 heavy (non-hydrogen) atoms. The molecule has 0 aliphatic rings. The maximum absolute atomic E-state index is 13.6. The van der Waals surface area contributed by atoms with E-state index in [0.29, 0.717) is 5.02 Å². The van der Waals surface area contributed by atoms with Gasteiger partial charge in [-0.3, -0.25) is 4.79 Å². The monoisotopic (exact) mass is 286 g/mol. The molecule has 1 amide bonds. The molecule has 1 aromatic carbocycles. The van der Waals surface area contributed by atoms with Gasteiger partial charge < -0.3 is 10.6 Å². The van der Waals surface area contributed by atoms with Crippen LogP contribution in [0.1, 0.15) is 33.6 Å². The molecular weight excluding hydrogens is 267 g/mol. The minimum Gasteiger partial charge on any atom is -0.372 e. The Morgan fingerprint density at radius 3 is 2.68 bits per heavy atom. The molecule has 0 heterocycles. The van der Waals surface area contributed by atoms with E-state index in [-0.39, 0.29) is 17.6 Å². The third kappa shape index (κ3) is 5.07. The maximum Gasteiger partial charge on any atom is 0.242 e. The number of anilines is 1. The predicted octanol–water partition coefficient (Wildman–Crippen LogP) is 3.58. The zero-order chi connectivity index (χ0) is 14.4. The molecule has 0 radical (unpaired) electrons. The molecule has 0 bridgehead atoms. The summed E-state index contributed by atoms with van der Waals surface area (Å²) in [5.41, 5.74) is 0.273. The maximum atomic E-state index is 13.6. The van der Waals surface area contributed by atoms with E-state index in [1.807, 2.05) is 6.92 Å². The van der Waals surface area contributed by atoms with Crippen LogP contribution in [0.15, 0.2) is 18.2 Å². The number of carbonyl (C=O) groups excluding carboxylic acids is 1. The SMILES string of the molecule is CCCC(C)NC(=O)C(C)Nc1ccc(Cl)cc1F. The highest BCUT2D eigenvalue weighted by Crippen LogP contribution is 2.19. The van der Waals surface area contributed by atoms with Crippen LogP contribution in [0.4, 0.5) is 10.1 Å².